The summed E-state index contributed by atoms with van der Waals surface area (Å²) in [4.78, 5) is 7.83. The number of imidazole rings is 1. The Labute approximate surface area is 139 Å². The molecule has 24 heavy (non-hydrogen) atoms. The van der Waals surface area contributed by atoms with E-state index in [2.05, 4.69) is 9.97 Å². The molecule has 2 N–H and O–H groups in total. The van der Waals surface area contributed by atoms with E-state index in [-0.39, 0.29) is 5.75 Å². The van der Waals surface area contributed by atoms with Crippen molar-refractivity contribution in [2.75, 3.05) is 7.11 Å². The van der Waals surface area contributed by atoms with Crippen LogP contribution in [0.25, 0.3) is 33.5 Å². The first-order chi connectivity index (χ1) is 11.7. The van der Waals surface area contributed by atoms with E-state index >= 15 is 0 Å². The van der Waals surface area contributed by atoms with Gasteiger partial charge in [0.05, 0.1) is 23.7 Å². The number of nitrogens with one attached hydrogen (secondary N) is 1. The molecule has 0 amide bonds. The fourth-order valence-corrected chi connectivity index (χ4v) is 2.77. The van der Waals surface area contributed by atoms with Gasteiger partial charge in [-0.3, -0.25) is 0 Å². The van der Waals surface area contributed by atoms with Crippen molar-refractivity contribution in [1.29, 1.82) is 0 Å². The Hall–Kier alpha value is -3.27. The van der Waals surface area contributed by atoms with Gasteiger partial charge in [0.15, 0.2) is 0 Å². The molecule has 0 fully saturated rings. The van der Waals surface area contributed by atoms with Crippen molar-refractivity contribution in [2.45, 2.75) is 0 Å². The zero-order chi connectivity index (χ0) is 16.5. The second-order valence-corrected chi connectivity index (χ2v) is 5.56. The van der Waals surface area contributed by atoms with Gasteiger partial charge in [0, 0.05) is 0 Å². The van der Waals surface area contributed by atoms with Crippen LogP contribution < -0.4 is 4.74 Å². The number of aromatic hydroxyl groups is 1. The number of para-hydroxylation sites is 2. The Morgan fingerprint density at radius 1 is 0.917 bits per heavy atom. The molecule has 0 aliphatic heterocycles. The summed E-state index contributed by atoms with van der Waals surface area (Å²) in [5.41, 5.74) is 4.56. The molecule has 0 spiro atoms. The Bertz CT molecular complexity index is 971. The van der Waals surface area contributed by atoms with Gasteiger partial charge in [-0.25, -0.2) is 4.98 Å². The van der Waals surface area contributed by atoms with Gasteiger partial charge >= 0.3 is 0 Å². The highest BCUT2D eigenvalue weighted by Gasteiger charge is 2.11. The Kier molecular flexibility index (Phi) is 3.43. The standard InChI is InChI=1S/C20H16N2O2/c1-24-15-9-6-13(7-10-15)14-8-11-19(23)16(12-14)20-21-17-4-2-3-5-18(17)22-20/h2-12,23H,1H3,(H,21,22). The summed E-state index contributed by atoms with van der Waals surface area (Å²) in [5, 5.41) is 10.3. The molecule has 0 bridgehead atoms. The average molecular weight is 316 g/mol. The Morgan fingerprint density at radius 3 is 2.42 bits per heavy atom. The lowest BCUT2D eigenvalue weighted by atomic mass is 10.0. The van der Waals surface area contributed by atoms with Crippen LogP contribution in [0.1, 0.15) is 0 Å². The minimum absolute atomic E-state index is 0.200. The van der Waals surface area contributed by atoms with Crippen LogP contribution >= 0.6 is 0 Å². The third kappa shape index (κ3) is 2.48. The minimum atomic E-state index is 0.200. The minimum Gasteiger partial charge on any atom is -0.507 e. The van der Waals surface area contributed by atoms with E-state index in [0.29, 0.717) is 11.4 Å². The van der Waals surface area contributed by atoms with Crippen LogP contribution in [0.15, 0.2) is 66.7 Å². The molecule has 0 aliphatic carbocycles. The highest BCUT2D eigenvalue weighted by molar-refractivity contribution is 5.82. The fourth-order valence-electron chi connectivity index (χ4n) is 2.77. The van der Waals surface area contributed by atoms with Crippen LogP contribution in [0.2, 0.25) is 0 Å². The largest absolute Gasteiger partial charge is 0.507 e. The normalized spacial score (nSPS) is 10.9. The molecule has 4 rings (SSSR count). The van der Waals surface area contributed by atoms with Crippen LogP contribution in [0.3, 0.4) is 0 Å². The second kappa shape index (κ2) is 5.74. The zero-order valence-electron chi connectivity index (χ0n) is 13.2. The second-order valence-electron chi connectivity index (χ2n) is 5.56. The number of benzene rings is 3. The first kappa shape index (κ1) is 14.3. The van der Waals surface area contributed by atoms with E-state index in [0.717, 1.165) is 27.9 Å². The maximum absolute atomic E-state index is 10.3. The smallest absolute Gasteiger partial charge is 0.142 e. The van der Waals surface area contributed by atoms with Crippen molar-refractivity contribution in [2.24, 2.45) is 0 Å². The van der Waals surface area contributed by atoms with E-state index in [1.54, 1.807) is 13.2 Å². The highest BCUT2D eigenvalue weighted by Crippen LogP contribution is 2.33. The predicted molar refractivity (Wildman–Crippen MR) is 95.2 cm³/mol. The van der Waals surface area contributed by atoms with Crippen molar-refractivity contribution in [1.82, 2.24) is 9.97 Å². The first-order valence-electron chi connectivity index (χ1n) is 7.67. The third-order valence-electron chi connectivity index (χ3n) is 4.06. The number of aromatic nitrogens is 2. The van der Waals surface area contributed by atoms with Crippen LogP contribution in [-0.4, -0.2) is 22.2 Å². The molecule has 0 saturated carbocycles. The van der Waals surface area contributed by atoms with E-state index in [1.807, 2.05) is 60.7 Å². The summed E-state index contributed by atoms with van der Waals surface area (Å²) in [5.74, 6) is 1.67. The number of fused-ring (bicyclic) bond motifs is 1. The molecule has 118 valence electrons. The molecule has 1 aromatic heterocycles. The van der Waals surface area contributed by atoms with Crippen molar-refractivity contribution in [3.05, 3.63) is 66.7 Å². The van der Waals surface area contributed by atoms with Gasteiger partial charge in [-0.1, -0.05) is 30.3 Å². The summed E-state index contributed by atoms with van der Waals surface area (Å²) in [6.07, 6.45) is 0. The lowest BCUT2D eigenvalue weighted by molar-refractivity contribution is 0.415. The molecular weight excluding hydrogens is 300 g/mol. The number of aromatic amines is 1. The number of methoxy groups -OCH3 is 1. The van der Waals surface area contributed by atoms with Gasteiger partial charge in [-0.15, -0.1) is 0 Å². The predicted octanol–water partition coefficient (Wildman–Crippen LogP) is 4.61. The summed E-state index contributed by atoms with van der Waals surface area (Å²) >= 11 is 0. The molecule has 4 aromatic rings. The van der Waals surface area contributed by atoms with Gasteiger partial charge in [0.25, 0.3) is 0 Å². The molecule has 3 aromatic carbocycles. The van der Waals surface area contributed by atoms with E-state index in [9.17, 15) is 5.11 Å². The lowest BCUT2D eigenvalue weighted by Gasteiger charge is -2.07. The summed E-state index contributed by atoms with van der Waals surface area (Å²) in [6.45, 7) is 0. The number of hydrogen-bond donors (Lipinski definition) is 2. The van der Waals surface area contributed by atoms with E-state index in [1.165, 1.54) is 0 Å². The van der Waals surface area contributed by atoms with Gasteiger partial charge in [-0.2, -0.15) is 0 Å². The van der Waals surface area contributed by atoms with Crippen molar-refractivity contribution in [3.63, 3.8) is 0 Å². The molecule has 0 aliphatic rings. The first-order valence-corrected chi connectivity index (χ1v) is 7.67. The highest BCUT2D eigenvalue weighted by atomic mass is 16.5. The molecule has 0 saturated heterocycles. The zero-order valence-corrected chi connectivity index (χ0v) is 13.2. The van der Waals surface area contributed by atoms with Crippen molar-refractivity contribution < 1.29 is 9.84 Å². The molecule has 1 heterocycles. The monoisotopic (exact) mass is 316 g/mol. The Balaban J connectivity index is 1.80. The van der Waals surface area contributed by atoms with Gasteiger partial charge in [-0.05, 0) is 47.5 Å². The number of phenolic OH excluding ortho intramolecular Hbond substituents is 1. The SMILES string of the molecule is COc1ccc(-c2ccc(O)c(-c3nc4ccccc4[nH]3)c2)cc1. The molecule has 0 radical (unpaired) electrons. The van der Waals surface area contributed by atoms with E-state index < -0.39 is 0 Å². The van der Waals surface area contributed by atoms with Crippen LogP contribution in [0.4, 0.5) is 0 Å². The Morgan fingerprint density at radius 2 is 1.67 bits per heavy atom. The topological polar surface area (TPSA) is 58.1 Å². The number of ether oxygens (including phenoxy) is 1. The summed E-state index contributed by atoms with van der Waals surface area (Å²) in [6, 6.07) is 21.2. The number of H-pyrrole nitrogens is 1. The number of rotatable bonds is 3. The number of hydrogen-bond acceptors (Lipinski definition) is 3. The van der Waals surface area contributed by atoms with Crippen LogP contribution in [-0.2, 0) is 0 Å². The number of nitrogens with zero attached hydrogens (tertiary/aromatic N) is 1. The average Bonchev–Trinajstić information content (AvgIpc) is 3.06. The van der Waals surface area contributed by atoms with Crippen molar-refractivity contribution >= 4 is 11.0 Å². The third-order valence-corrected chi connectivity index (χ3v) is 4.06. The maximum Gasteiger partial charge on any atom is 0.142 e. The molecular formula is C20H16N2O2. The quantitative estimate of drug-likeness (QED) is 0.580. The fraction of sp³-hybridized carbons (Fsp3) is 0.0500. The van der Waals surface area contributed by atoms with Gasteiger partial charge in [0.1, 0.15) is 17.3 Å². The summed E-state index contributed by atoms with van der Waals surface area (Å²) in [7, 11) is 1.65. The molecule has 4 heteroatoms. The van der Waals surface area contributed by atoms with Crippen LogP contribution in [0, 0.1) is 0 Å². The van der Waals surface area contributed by atoms with Crippen molar-refractivity contribution in [3.8, 4) is 34.0 Å². The lowest BCUT2D eigenvalue weighted by Crippen LogP contribution is -1.86. The molecule has 0 atom stereocenters. The summed E-state index contributed by atoms with van der Waals surface area (Å²) < 4.78 is 5.20. The van der Waals surface area contributed by atoms with Gasteiger partial charge in [0.2, 0.25) is 0 Å². The molecule has 0 unspecified atom stereocenters. The van der Waals surface area contributed by atoms with Crippen LogP contribution in [0.5, 0.6) is 11.5 Å². The molecule has 4 nitrogen and oxygen atoms in total. The number of phenols is 1. The van der Waals surface area contributed by atoms with Gasteiger partial charge < -0.3 is 14.8 Å². The van der Waals surface area contributed by atoms with E-state index in [4.69, 9.17) is 4.74 Å². The maximum atomic E-state index is 10.3.